The van der Waals surface area contributed by atoms with E-state index in [1.54, 1.807) is 13.8 Å². The Bertz CT molecular complexity index is 545. The quantitative estimate of drug-likeness (QED) is 0.307. The lowest BCUT2D eigenvalue weighted by Gasteiger charge is -1.98. The lowest BCUT2D eigenvalue weighted by Crippen LogP contribution is -2.04. The molecule has 0 unspecified atom stereocenters. The number of rotatable bonds is 7. The third-order valence-corrected chi connectivity index (χ3v) is 2.05. The molecule has 0 aliphatic rings. The van der Waals surface area contributed by atoms with Crippen molar-refractivity contribution >= 4 is 11.9 Å². The smallest absolute Gasteiger partial charge is 0.332 e. The maximum Gasteiger partial charge on any atom is 0.332 e. The van der Waals surface area contributed by atoms with Crippen molar-refractivity contribution in [3.8, 4) is 12.1 Å². The molecule has 0 aromatic carbocycles. The van der Waals surface area contributed by atoms with Crippen LogP contribution in [-0.4, -0.2) is 25.2 Å². The SMILES string of the molecule is CCOC(=O)C=C(C#N)C=CC=C(C#N)CC(=O)OCC. The highest BCUT2D eigenvalue weighted by Crippen LogP contribution is 2.04. The third-order valence-electron chi connectivity index (χ3n) is 2.05. The summed E-state index contributed by atoms with van der Waals surface area (Å²) in [6, 6.07) is 3.67. The summed E-state index contributed by atoms with van der Waals surface area (Å²) >= 11 is 0. The van der Waals surface area contributed by atoms with Gasteiger partial charge in [0.2, 0.25) is 0 Å². The number of allylic oxidation sites excluding steroid dienone is 4. The van der Waals surface area contributed by atoms with Crippen LogP contribution in [0.3, 0.4) is 0 Å². The van der Waals surface area contributed by atoms with Gasteiger partial charge in [-0.3, -0.25) is 4.79 Å². The summed E-state index contributed by atoms with van der Waals surface area (Å²) in [5, 5.41) is 17.7. The maximum absolute atomic E-state index is 11.2. The van der Waals surface area contributed by atoms with Gasteiger partial charge in [-0.2, -0.15) is 10.5 Å². The van der Waals surface area contributed by atoms with Crippen LogP contribution in [0.4, 0.5) is 0 Å². The first kappa shape index (κ1) is 18.1. The van der Waals surface area contributed by atoms with Gasteiger partial charge in [0, 0.05) is 11.6 Å². The van der Waals surface area contributed by atoms with Gasteiger partial charge in [0.1, 0.15) is 0 Å². The number of hydrogen-bond acceptors (Lipinski definition) is 6. The molecule has 0 saturated carbocycles. The second-order valence-electron chi connectivity index (χ2n) is 3.61. The molecule has 0 fully saturated rings. The summed E-state index contributed by atoms with van der Waals surface area (Å²) in [7, 11) is 0. The first-order valence-electron chi connectivity index (χ1n) is 6.28. The van der Waals surface area contributed by atoms with E-state index >= 15 is 0 Å². The first-order chi connectivity index (χ1) is 10.1. The molecule has 0 saturated heterocycles. The van der Waals surface area contributed by atoms with Crippen molar-refractivity contribution in [2.75, 3.05) is 13.2 Å². The lowest BCUT2D eigenvalue weighted by molar-refractivity contribution is -0.142. The fraction of sp³-hybridized carbons (Fsp3) is 0.333. The van der Waals surface area contributed by atoms with Gasteiger partial charge in [0.25, 0.3) is 0 Å². The Labute approximate surface area is 123 Å². The first-order valence-corrected chi connectivity index (χ1v) is 6.28. The molecule has 0 radical (unpaired) electrons. The number of carbonyl (C=O) groups is 2. The Hall–Kier alpha value is -2.86. The number of carbonyl (C=O) groups excluding carboxylic acids is 2. The Balaban J connectivity index is 4.80. The third kappa shape index (κ3) is 8.79. The second kappa shape index (κ2) is 11.0. The minimum Gasteiger partial charge on any atom is -0.466 e. The summed E-state index contributed by atoms with van der Waals surface area (Å²) < 4.78 is 9.40. The van der Waals surface area contributed by atoms with Crippen LogP contribution in [0.15, 0.2) is 35.5 Å². The Morgan fingerprint density at radius 2 is 1.76 bits per heavy atom. The van der Waals surface area contributed by atoms with Crippen molar-refractivity contribution in [3.05, 3.63) is 35.5 Å². The van der Waals surface area contributed by atoms with Crippen molar-refractivity contribution < 1.29 is 19.1 Å². The molecule has 0 rings (SSSR count). The van der Waals surface area contributed by atoms with E-state index in [4.69, 9.17) is 15.3 Å². The predicted octanol–water partition coefficient (Wildman–Crippen LogP) is 1.96. The van der Waals surface area contributed by atoms with Crippen molar-refractivity contribution in [3.63, 3.8) is 0 Å². The van der Waals surface area contributed by atoms with E-state index in [0.29, 0.717) is 0 Å². The maximum atomic E-state index is 11.2. The van der Waals surface area contributed by atoms with Crippen LogP contribution in [0, 0.1) is 22.7 Å². The van der Waals surface area contributed by atoms with E-state index < -0.39 is 11.9 Å². The molecular weight excluding hydrogens is 272 g/mol. The molecule has 0 N–H and O–H groups in total. The summed E-state index contributed by atoms with van der Waals surface area (Å²) in [5.41, 5.74) is 0.274. The van der Waals surface area contributed by atoms with E-state index in [2.05, 4.69) is 4.74 Å². The van der Waals surface area contributed by atoms with Crippen molar-refractivity contribution in [2.24, 2.45) is 0 Å². The fourth-order valence-corrected chi connectivity index (χ4v) is 1.20. The highest BCUT2D eigenvalue weighted by atomic mass is 16.5. The topological polar surface area (TPSA) is 100 Å². The monoisotopic (exact) mass is 288 g/mol. The molecule has 0 aliphatic carbocycles. The van der Waals surface area contributed by atoms with Gasteiger partial charge in [-0.15, -0.1) is 0 Å². The minimum absolute atomic E-state index is 0.0816. The molecule has 21 heavy (non-hydrogen) atoms. The van der Waals surface area contributed by atoms with E-state index in [0.717, 1.165) is 6.08 Å². The summed E-state index contributed by atoms with van der Waals surface area (Å²) in [6.45, 7) is 3.79. The molecule has 0 heterocycles. The van der Waals surface area contributed by atoms with Crippen molar-refractivity contribution in [1.29, 1.82) is 10.5 Å². The zero-order valence-electron chi connectivity index (χ0n) is 12.0. The largest absolute Gasteiger partial charge is 0.466 e. The van der Waals surface area contributed by atoms with Crippen LogP contribution in [0.2, 0.25) is 0 Å². The summed E-state index contributed by atoms with van der Waals surface area (Å²) in [6.07, 6.45) is 5.04. The van der Waals surface area contributed by atoms with E-state index in [1.165, 1.54) is 18.2 Å². The zero-order valence-corrected chi connectivity index (χ0v) is 12.0. The van der Waals surface area contributed by atoms with Crippen LogP contribution in [0.5, 0.6) is 0 Å². The molecule has 0 aromatic rings. The highest BCUT2D eigenvalue weighted by molar-refractivity contribution is 5.84. The normalized spacial score (nSPS) is 11.6. The Morgan fingerprint density at radius 1 is 1.10 bits per heavy atom. The highest BCUT2D eigenvalue weighted by Gasteiger charge is 2.05. The van der Waals surface area contributed by atoms with E-state index in [9.17, 15) is 9.59 Å². The zero-order chi connectivity index (χ0) is 16.1. The van der Waals surface area contributed by atoms with Crippen LogP contribution >= 0.6 is 0 Å². The van der Waals surface area contributed by atoms with Gasteiger partial charge in [-0.05, 0) is 26.0 Å². The molecule has 6 nitrogen and oxygen atoms in total. The van der Waals surface area contributed by atoms with Crippen LogP contribution in [0.1, 0.15) is 20.3 Å². The number of hydrogen-bond donors (Lipinski definition) is 0. The van der Waals surface area contributed by atoms with Gasteiger partial charge in [-0.1, -0.05) is 6.08 Å². The Kier molecular flexibility index (Phi) is 9.51. The van der Waals surface area contributed by atoms with Crippen molar-refractivity contribution in [1.82, 2.24) is 0 Å². The van der Waals surface area contributed by atoms with Crippen molar-refractivity contribution in [2.45, 2.75) is 20.3 Å². The van der Waals surface area contributed by atoms with Gasteiger partial charge in [-0.25, -0.2) is 4.79 Å². The van der Waals surface area contributed by atoms with Gasteiger partial charge in [0.15, 0.2) is 0 Å². The molecule has 6 heteroatoms. The molecule has 110 valence electrons. The fourth-order valence-electron chi connectivity index (χ4n) is 1.20. The molecule has 0 bridgehead atoms. The second-order valence-corrected chi connectivity index (χ2v) is 3.61. The number of ether oxygens (including phenoxy) is 2. The molecular formula is C15H16N2O4. The number of esters is 2. The predicted molar refractivity (Wildman–Crippen MR) is 74.4 cm³/mol. The van der Waals surface area contributed by atoms with Crippen LogP contribution < -0.4 is 0 Å². The Morgan fingerprint density at radius 3 is 2.29 bits per heavy atom. The molecule has 0 aromatic heterocycles. The van der Waals surface area contributed by atoms with Gasteiger partial charge >= 0.3 is 11.9 Å². The average Bonchev–Trinajstić information content (AvgIpc) is 2.45. The summed E-state index contributed by atoms with van der Waals surface area (Å²) in [4.78, 5) is 22.4. The van der Waals surface area contributed by atoms with E-state index in [-0.39, 0.29) is 30.8 Å². The standard InChI is InChI=1S/C15H16N2O4/c1-3-20-14(18)8-12(10-16)6-5-7-13(11-17)9-15(19)21-4-2/h5-8H,3-4,9H2,1-2H3. The molecule has 0 atom stereocenters. The molecule has 0 spiro atoms. The van der Waals surface area contributed by atoms with Gasteiger partial charge < -0.3 is 9.47 Å². The molecule has 0 aliphatic heterocycles. The number of nitriles is 2. The van der Waals surface area contributed by atoms with Crippen LogP contribution in [-0.2, 0) is 19.1 Å². The minimum atomic E-state index is -0.616. The summed E-state index contributed by atoms with van der Waals surface area (Å²) in [5.74, 6) is -1.11. The lowest BCUT2D eigenvalue weighted by atomic mass is 10.1. The van der Waals surface area contributed by atoms with Crippen LogP contribution in [0.25, 0.3) is 0 Å². The molecule has 0 amide bonds. The average molecular weight is 288 g/mol. The number of nitrogens with zero attached hydrogens (tertiary/aromatic N) is 2. The van der Waals surface area contributed by atoms with E-state index in [1.807, 2.05) is 12.1 Å². The van der Waals surface area contributed by atoms with Gasteiger partial charge in [0.05, 0.1) is 37.3 Å².